The summed E-state index contributed by atoms with van der Waals surface area (Å²) in [6.07, 6.45) is 6.12. The summed E-state index contributed by atoms with van der Waals surface area (Å²) in [7, 11) is 0. The molecule has 0 bridgehead atoms. The molecule has 0 aliphatic carbocycles. The number of para-hydroxylation sites is 1. The van der Waals surface area contributed by atoms with Crippen molar-refractivity contribution in [3.63, 3.8) is 0 Å². The first-order chi connectivity index (χ1) is 10.7. The number of carbonyl (C=O) groups is 2. The number of carbonyl (C=O) groups excluding carboxylic acids is 1. The van der Waals surface area contributed by atoms with Crippen molar-refractivity contribution in [3.8, 4) is 0 Å². The van der Waals surface area contributed by atoms with Gasteiger partial charge in [-0.1, -0.05) is 18.2 Å². The van der Waals surface area contributed by atoms with Crippen molar-refractivity contribution in [2.45, 2.75) is 18.9 Å². The number of carboxylic acids is 1. The highest BCUT2D eigenvalue weighted by atomic mass is 16.4. The third kappa shape index (κ3) is 2.70. The Bertz CT molecular complexity index is 749. The number of fused-ring (bicyclic) bond motifs is 1. The number of benzene rings is 1. The smallest absolute Gasteiger partial charge is 0.326 e. The number of hydrogen-bond donors (Lipinski definition) is 1. The Kier molecular flexibility index (Phi) is 3.87. The SMILES string of the molecule is O=C(O)[C@H]1CCCN1C(=O)C=Cc1ccnc2ccccc12. The molecule has 1 aliphatic rings. The summed E-state index contributed by atoms with van der Waals surface area (Å²) in [6.45, 7) is 0.497. The Morgan fingerprint density at radius 1 is 1.27 bits per heavy atom. The molecule has 1 fully saturated rings. The summed E-state index contributed by atoms with van der Waals surface area (Å²) in [5.41, 5.74) is 1.76. The summed E-state index contributed by atoms with van der Waals surface area (Å²) in [6, 6.07) is 8.83. The maximum absolute atomic E-state index is 12.2. The molecule has 1 aliphatic heterocycles. The molecule has 0 saturated carbocycles. The van der Waals surface area contributed by atoms with Crippen LogP contribution in [-0.4, -0.2) is 39.5 Å². The van der Waals surface area contributed by atoms with E-state index in [2.05, 4.69) is 4.98 Å². The molecule has 112 valence electrons. The molecule has 3 rings (SSSR count). The summed E-state index contributed by atoms with van der Waals surface area (Å²) in [5.74, 6) is -1.19. The Balaban J connectivity index is 1.84. The van der Waals surface area contributed by atoms with Crippen LogP contribution in [0.5, 0.6) is 0 Å². The first-order valence-electron chi connectivity index (χ1n) is 7.22. The van der Waals surface area contributed by atoms with Gasteiger partial charge in [0.1, 0.15) is 6.04 Å². The van der Waals surface area contributed by atoms with Gasteiger partial charge in [0.2, 0.25) is 5.91 Å². The summed E-state index contributed by atoms with van der Waals surface area (Å²) >= 11 is 0. The molecule has 0 radical (unpaired) electrons. The predicted octanol–water partition coefficient (Wildman–Crippen LogP) is 2.32. The van der Waals surface area contributed by atoms with Gasteiger partial charge in [-0.05, 0) is 36.6 Å². The second kappa shape index (κ2) is 5.97. The lowest BCUT2D eigenvalue weighted by molar-refractivity contribution is -0.146. The molecular formula is C17H16N2O3. The lowest BCUT2D eigenvalue weighted by Crippen LogP contribution is -2.39. The second-order valence-electron chi connectivity index (χ2n) is 5.28. The van der Waals surface area contributed by atoms with Gasteiger partial charge < -0.3 is 10.0 Å². The fraction of sp³-hybridized carbons (Fsp3) is 0.235. The topological polar surface area (TPSA) is 70.5 Å². The number of aliphatic carboxylic acids is 1. The van der Waals surface area contributed by atoms with E-state index in [1.54, 1.807) is 12.3 Å². The fourth-order valence-electron chi connectivity index (χ4n) is 2.81. The highest BCUT2D eigenvalue weighted by molar-refractivity contribution is 5.97. The lowest BCUT2D eigenvalue weighted by Gasteiger charge is -2.19. The van der Waals surface area contributed by atoms with E-state index in [0.717, 1.165) is 22.9 Å². The van der Waals surface area contributed by atoms with Crippen LogP contribution in [0, 0.1) is 0 Å². The average molecular weight is 296 g/mol. The number of likely N-dealkylation sites (tertiary alicyclic amines) is 1. The van der Waals surface area contributed by atoms with Gasteiger partial charge in [0.25, 0.3) is 0 Å². The van der Waals surface area contributed by atoms with Crippen molar-refractivity contribution >= 4 is 28.9 Å². The maximum Gasteiger partial charge on any atom is 0.326 e. The Hall–Kier alpha value is -2.69. The zero-order valence-electron chi connectivity index (χ0n) is 12.0. The van der Waals surface area contributed by atoms with Crippen LogP contribution in [0.3, 0.4) is 0 Å². The quantitative estimate of drug-likeness (QED) is 0.882. The van der Waals surface area contributed by atoms with Crippen molar-refractivity contribution in [2.24, 2.45) is 0 Å². The average Bonchev–Trinajstić information content (AvgIpc) is 3.02. The van der Waals surface area contributed by atoms with Crippen LogP contribution < -0.4 is 0 Å². The highest BCUT2D eigenvalue weighted by Gasteiger charge is 2.32. The van der Waals surface area contributed by atoms with Crippen molar-refractivity contribution in [1.29, 1.82) is 0 Å². The van der Waals surface area contributed by atoms with Crippen LogP contribution in [0.25, 0.3) is 17.0 Å². The third-order valence-corrected chi connectivity index (χ3v) is 3.91. The molecule has 1 aromatic heterocycles. The Morgan fingerprint density at radius 3 is 2.91 bits per heavy atom. The minimum atomic E-state index is -0.936. The summed E-state index contributed by atoms with van der Waals surface area (Å²) in [5, 5.41) is 10.1. The lowest BCUT2D eigenvalue weighted by atomic mass is 10.1. The fourth-order valence-corrected chi connectivity index (χ4v) is 2.81. The van der Waals surface area contributed by atoms with E-state index in [1.165, 1.54) is 11.0 Å². The van der Waals surface area contributed by atoms with E-state index in [9.17, 15) is 9.59 Å². The van der Waals surface area contributed by atoms with E-state index < -0.39 is 12.0 Å². The predicted molar refractivity (Wildman–Crippen MR) is 83.1 cm³/mol. The van der Waals surface area contributed by atoms with Gasteiger partial charge in [-0.2, -0.15) is 0 Å². The molecule has 22 heavy (non-hydrogen) atoms. The van der Waals surface area contributed by atoms with E-state index >= 15 is 0 Å². The molecule has 1 aromatic carbocycles. The first-order valence-corrected chi connectivity index (χ1v) is 7.22. The zero-order chi connectivity index (χ0) is 15.5. The van der Waals surface area contributed by atoms with Crippen molar-refractivity contribution in [1.82, 2.24) is 9.88 Å². The minimum absolute atomic E-state index is 0.259. The van der Waals surface area contributed by atoms with Crippen LogP contribution in [0.15, 0.2) is 42.6 Å². The molecule has 2 heterocycles. The standard InChI is InChI=1S/C17H16N2O3/c20-16(19-11-3-6-15(19)17(21)22)8-7-12-9-10-18-14-5-2-1-4-13(12)14/h1-2,4-5,7-10,15H,3,6,11H2,(H,21,22)/t15-/m1/s1. The number of nitrogens with zero attached hydrogens (tertiary/aromatic N) is 2. The largest absolute Gasteiger partial charge is 0.480 e. The number of aromatic nitrogens is 1. The van der Waals surface area contributed by atoms with Gasteiger partial charge in [-0.3, -0.25) is 9.78 Å². The number of carboxylic acid groups (broad SMARTS) is 1. The normalized spacial score (nSPS) is 18.2. The van der Waals surface area contributed by atoms with Gasteiger partial charge in [0.15, 0.2) is 0 Å². The van der Waals surface area contributed by atoms with E-state index in [-0.39, 0.29) is 5.91 Å². The van der Waals surface area contributed by atoms with Crippen LogP contribution in [0.2, 0.25) is 0 Å². The molecule has 0 unspecified atom stereocenters. The molecule has 1 amide bonds. The molecule has 0 spiro atoms. The summed E-state index contributed by atoms with van der Waals surface area (Å²) in [4.78, 5) is 29.1. The molecule has 5 nitrogen and oxygen atoms in total. The highest BCUT2D eigenvalue weighted by Crippen LogP contribution is 2.20. The van der Waals surface area contributed by atoms with Crippen LogP contribution >= 0.6 is 0 Å². The molecular weight excluding hydrogens is 280 g/mol. The van der Waals surface area contributed by atoms with Crippen LogP contribution in [-0.2, 0) is 9.59 Å². The molecule has 1 atom stereocenters. The monoisotopic (exact) mass is 296 g/mol. The van der Waals surface area contributed by atoms with Crippen LogP contribution in [0.4, 0.5) is 0 Å². The molecule has 1 saturated heterocycles. The molecule has 5 heteroatoms. The van der Waals surface area contributed by atoms with Gasteiger partial charge >= 0.3 is 5.97 Å². The van der Waals surface area contributed by atoms with Crippen LogP contribution in [0.1, 0.15) is 18.4 Å². The van der Waals surface area contributed by atoms with E-state index in [4.69, 9.17) is 5.11 Å². The second-order valence-corrected chi connectivity index (χ2v) is 5.28. The minimum Gasteiger partial charge on any atom is -0.480 e. The summed E-state index contributed by atoms with van der Waals surface area (Å²) < 4.78 is 0. The maximum atomic E-state index is 12.2. The molecule has 2 aromatic rings. The number of rotatable bonds is 3. The van der Waals surface area contributed by atoms with Gasteiger partial charge in [0, 0.05) is 24.2 Å². The molecule has 1 N–H and O–H groups in total. The van der Waals surface area contributed by atoms with Gasteiger partial charge in [0.05, 0.1) is 5.52 Å². The van der Waals surface area contributed by atoms with E-state index in [1.807, 2.05) is 30.3 Å². The number of hydrogen-bond acceptors (Lipinski definition) is 3. The van der Waals surface area contributed by atoms with Gasteiger partial charge in [-0.15, -0.1) is 0 Å². The third-order valence-electron chi connectivity index (χ3n) is 3.91. The first kappa shape index (κ1) is 14.3. The Labute approximate surface area is 127 Å². The van der Waals surface area contributed by atoms with Gasteiger partial charge in [-0.25, -0.2) is 4.79 Å². The van der Waals surface area contributed by atoms with Crippen molar-refractivity contribution < 1.29 is 14.7 Å². The van der Waals surface area contributed by atoms with Crippen molar-refractivity contribution in [3.05, 3.63) is 48.2 Å². The van der Waals surface area contributed by atoms with Crippen molar-refractivity contribution in [2.75, 3.05) is 6.54 Å². The number of pyridine rings is 1. The Morgan fingerprint density at radius 2 is 2.09 bits per heavy atom. The zero-order valence-corrected chi connectivity index (χ0v) is 12.0. The van der Waals surface area contributed by atoms with E-state index in [0.29, 0.717) is 13.0 Å². The number of amides is 1.